The molecule has 0 aliphatic rings. The average Bonchev–Trinajstić information content (AvgIpc) is 3.07. The Morgan fingerprint density at radius 3 is 2.18 bits per heavy atom. The number of carbonyl (C=O) groups excluding carboxylic acids is 2. The highest BCUT2D eigenvalue weighted by Crippen LogP contribution is 2.33. The van der Waals surface area contributed by atoms with Crippen LogP contribution in [0.2, 0.25) is 0 Å². The van der Waals surface area contributed by atoms with Gasteiger partial charge in [0.1, 0.15) is 12.4 Å². The number of hydrogen-bond acceptors (Lipinski definition) is 3. The number of aryl methyl sites for hydroxylation is 2. The molecule has 7 heteroatoms. The second kappa shape index (κ2) is 10.1. The molecular formula is C27H35N5O2. The van der Waals surface area contributed by atoms with Crippen LogP contribution in [0.5, 0.6) is 0 Å². The molecule has 34 heavy (non-hydrogen) atoms. The van der Waals surface area contributed by atoms with Gasteiger partial charge in [0, 0.05) is 17.1 Å². The molecule has 3 aromatic rings. The molecule has 1 aromatic heterocycles. The van der Waals surface area contributed by atoms with E-state index in [4.69, 9.17) is 5.10 Å². The summed E-state index contributed by atoms with van der Waals surface area (Å²) in [6.45, 7) is 13.4. The van der Waals surface area contributed by atoms with Gasteiger partial charge in [0.05, 0.1) is 11.4 Å². The molecular weight excluding hydrogens is 426 g/mol. The van der Waals surface area contributed by atoms with Gasteiger partial charge in [0.2, 0.25) is 5.91 Å². The first-order valence-corrected chi connectivity index (χ1v) is 11.6. The van der Waals surface area contributed by atoms with Crippen LogP contribution in [0.3, 0.4) is 0 Å². The van der Waals surface area contributed by atoms with Crippen LogP contribution in [-0.2, 0) is 4.79 Å². The van der Waals surface area contributed by atoms with Crippen molar-refractivity contribution in [1.29, 1.82) is 0 Å². The Kier molecular flexibility index (Phi) is 7.44. The molecule has 180 valence electrons. The van der Waals surface area contributed by atoms with Crippen molar-refractivity contribution in [3.8, 4) is 16.8 Å². The van der Waals surface area contributed by atoms with Crippen molar-refractivity contribution in [3.63, 3.8) is 0 Å². The fourth-order valence-electron chi connectivity index (χ4n) is 3.67. The minimum atomic E-state index is -0.400. The second-order valence-electron chi connectivity index (χ2n) is 9.87. The van der Waals surface area contributed by atoms with Gasteiger partial charge in [-0.2, -0.15) is 5.10 Å². The lowest BCUT2D eigenvalue weighted by atomic mass is 10.1. The summed E-state index contributed by atoms with van der Waals surface area (Å²) in [6.07, 6.45) is 0. The summed E-state index contributed by atoms with van der Waals surface area (Å²) in [7, 11) is 0. The van der Waals surface area contributed by atoms with E-state index in [0.29, 0.717) is 5.82 Å². The molecule has 0 saturated heterocycles. The van der Waals surface area contributed by atoms with Crippen LogP contribution >= 0.6 is 0 Å². The third-order valence-corrected chi connectivity index (χ3v) is 5.34. The monoisotopic (exact) mass is 461 g/mol. The zero-order valence-electron chi connectivity index (χ0n) is 21.1. The van der Waals surface area contributed by atoms with E-state index in [0.717, 1.165) is 28.1 Å². The second-order valence-corrected chi connectivity index (χ2v) is 9.87. The highest BCUT2D eigenvalue weighted by atomic mass is 16.2. The number of amides is 3. The number of urea groups is 1. The predicted octanol–water partition coefficient (Wildman–Crippen LogP) is 5.31. The van der Waals surface area contributed by atoms with E-state index in [1.54, 1.807) is 4.68 Å². The third-order valence-electron chi connectivity index (χ3n) is 5.34. The summed E-state index contributed by atoms with van der Waals surface area (Å²) in [5.74, 6) is 0.292. The lowest BCUT2D eigenvalue weighted by Gasteiger charge is -2.30. The van der Waals surface area contributed by atoms with Crippen LogP contribution in [-0.4, -0.2) is 44.7 Å². The van der Waals surface area contributed by atoms with Crippen molar-refractivity contribution in [1.82, 2.24) is 20.0 Å². The van der Waals surface area contributed by atoms with Gasteiger partial charge in [0.25, 0.3) is 0 Å². The molecule has 3 amide bonds. The molecule has 3 rings (SSSR count). The van der Waals surface area contributed by atoms with Crippen LogP contribution in [0.15, 0.2) is 54.6 Å². The molecule has 1 heterocycles. The maximum absolute atomic E-state index is 13.3. The molecule has 0 fully saturated rings. The number of rotatable bonds is 6. The Labute approximate surface area is 202 Å². The molecule has 7 nitrogen and oxygen atoms in total. The molecule has 0 spiro atoms. The van der Waals surface area contributed by atoms with E-state index in [1.807, 2.05) is 103 Å². The Hall–Kier alpha value is -3.61. The molecule has 0 aliphatic carbocycles. The van der Waals surface area contributed by atoms with E-state index < -0.39 is 5.54 Å². The molecule has 0 bridgehead atoms. The number of nitrogens with one attached hydrogen (secondary N) is 2. The van der Waals surface area contributed by atoms with Gasteiger partial charge in [-0.1, -0.05) is 48.0 Å². The molecule has 0 atom stereocenters. The first kappa shape index (κ1) is 25.0. The highest BCUT2D eigenvalue weighted by Gasteiger charge is 2.26. The number of carbonyl (C=O) groups is 2. The van der Waals surface area contributed by atoms with Crippen molar-refractivity contribution in [2.75, 3.05) is 11.9 Å². The van der Waals surface area contributed by atoms with E-state index in [1.165, 1.54) is 4.90 Å². The topological polar surface area (TPSA) is 79.3 Å². The largest absolute Gasteiger partial charge is 0.333 e. The first-order chi connectivity index (χ1) is 16.0. The van der Waals surface area contributed by atoms with Crippen molar-refractivity contribution in [2.45, 2.75) is 60.0 Å². The number of hydrogen-bond donors (Lipinski definition) is 2. The van der Waals surface area contributed by atoms with Crippen LogP contribution < -0.4 is 10.6 Å². The normalized spacial score (nSPS) is 11.4. The van der Waals surface area contributed by atoms with Gasteiger partial charge < -0.3 is 15.5 Å². The van der Waals surface area contributed by atoms with Crippen molar-refractivity contribution in [3.05, 3.63) is 65.9 Å². The lowest BCUT2D eigenvalue weighted by molar-refractivity contribution is -0.117. The number of nitrogens with zero attached hydrogens (tertiary/aromatic N) is 3. The van der Waals surface area contributed by atoms with E-state index in [-0.39, 0.29) is 24.5 Å². The summed E-state index contributed by atoms with van der Waals surface area (Å²) < 4.78 is 1.75. The lowest BCUT2D eigenvalue weighted by Crippen LogP contribution is -2.52. The van der Waals surface area contributed by atoms with Gasteiger partial charge in [-0.3, -0.25) is 4.79 Å². The molecule has 0 radical (unpaired) electrons. The fourth-order valence-corrected chi connectivity index (χ4v) is 3.67. The Morgan fingerprint density at radius 2 is 1.62 bits per heavy atom. The summed E-state index contributed by atoms with van der Waals surface area (Å²) in [5.41, 5.74) is 4.19. The van der Waals surface area contributed by atoms with Crippen LogP contribution in [0.1, 0.15) is 45.9 Å². The summed E-state index contributed by atoms with van der Waals surface area (Å²) >= 11 is 0. The third kappa shape index (κ3) is 6.04. The minimum Gasteiger partial charge on any atom is -0.333 e. The smallest absolute Gasteiger partial charge is 0.318 e. The predicted molar refractivity (Wildman–Crippen MR) is 137 cm³/mol. The van der Waals surface area contributed by atoms with Crippen molar-refractivity contribution in [2.24, 2.45) is 0 Å². The van der Waals surface area contributed by atoms with Crippen LogP contribution in [0.4, 0.5) is 10.6 Å². The maximum Gasteiger partial charge on any atom is 0.318 e. The van der Waals surface area contributed by atoms with Crippen LogP contribution in [0, 0.1) is 13.8 Å². The van der Waals surface area contributed by atoms with E-state index in [2.05, 4.69) is 10.6 Å². The van der Waals surface area contributed by atoms with Crippen molar-refractivity contribution >= 4 is 17.8 Å². The Balaban J connectivity index is 1.98. The number of anilines is 1. The SMILES string of the molecule is Cc1ccc(-n2nc(C)c(-c3ccccc3)c2NC(=O)CN(C(=O)NC(C)(C)C)C(C)C)cc1. The zero-order valence-corrected chi connectivity index (χ0v) is 21.1. The maximum atomic E-state index is 13.3. The molecule has 0 aliphatic heterocycles. The average molecular weight is 462 g/mol. The molecule has 0 unspecified atom stereocenters. The molecule has 2 aromatic carbocycles. The number of aromatic nitrogens is 2. The Morgan fingerprint density at radius 1 is 1.00 bits per heavy atom. The molecule has 2 N–H and O–H groups in total. The van der Waals surface area contributed by atoms with Gasteiger partial charge in [0.15, 0.2) is 0 Å². The summed E-state index contributed by atoms with van der Waals surface area (Å²) in [5, 5.41) is 10.7. The van der Waals surface area contributed by atoms with Crippen molar-refractivity contribution < 1.29 is 9.59 Å². The minimum absolute atomic E-state index is 0.0774. The zero-order chi connectivity index (χ0) is 25.0. The summed E-state index contributed by atoms with van der Waals surface area (Å²) in [4.78, 5) is 27.6. The number of benzene rings is 2. The van der Waals surface area contributed by atoms with Gasteiger partial charge in [-0.05, 0) is 66.2 Å². The first-order valence-electron chi connectivity index (χ1n) is 11.6. The fraction of sp³-hybridized carbons (Fsp3) is 0.370. The van der Waals surface area contributed by atoms with Gasteiger partial charge in [-0.25, -0.2) is 9.48 Å². The van der Waals surface area contributed by atoms with E-state index in [9.17, 15) is 9.59 Å². The summed E-state index contributed by atoms with van der Waals surface area (Å²) in [6, 6.07) is 17.4. The van der Waals surface area contributed by atoms with Gasteiger partial charge in [-0.15, -0.1) is 0 Å². The van der Waals surface area contributed by atoms with Gasteiger partial charge >= 0.3 is 6.03 Å². The standard InChI is InChI=1S/C27H35N5O2/c1-18(2)31(26(34)29-27(5,6)7)17-23(33)28-25-24(21-11-9-8-10-12-21)20(4)30-32(25)22-15-13-19(3)14-16-22/h8-16,18H,17H2,1-7H3,(H,28,33)(H,29,34). The Bertz CT molecular complexity index is 1140. The molecule has 0 saturated carbocycles. The quantitative estimate of drug-likeness (QED) is 0.522. The van der Waals surface area contributed by atoms with E-state index >= 15 is 0 Å². The van der Waals surface area contributed by atoms with Crippen LogP contribution in [0.25, 0.3) is 16.8 Å². The highest BCUT2D eigenvalue weighted by molar-refractivity contribution is 5.98.